The van der Waals surface area contributed by atoms with Crippen molar-refractivity contribution in [2.75, 3.05) is 0 Å². The monoisotopic (exact) mass is 303 g/mol. The highest BCUT2D eigenvalue weighted by atomic mass is 32.1. The van der Waals surface area contributed by atoms with Crippen LogP contribution in [-0.2, 0) is 12.7 Å². The van der Waals surface area contributed by atoms with Gasteiger partial charge in [0.1, 0.15) is 4.88 Å². The fraction of sp³-hybridized carbons (Fsp3) is 0.167. The molecule has 0 radical (unpaired) electrons. The lowest BCUT2D eigenvalue weighted by atomic mass is 10.2. The van der Waals surface area contributed by atoms with Crippen LogP contribution in [0.3, 0.4) is 0 Å². The second-order valence-corrected chi connectivity index (χ2v) is 5.12. The Morgan fingerprint density at radius 1 is 1.25 bits per heavy atom. The number of alkyl halides is 3. The van der Waals surface area contributed by atoms with E-state index in [2.05, 4.69) is 0 Å². The van der Waals surface area contributed by atoms with Crippen LogP contribution >= 0.6 is 11.3 Å². The topological polar surface area (TPSA) is 59.3 Å². The van der Waals surface area contributed by atoms with Gasteiger partial charge in [-0.05, 0) is 18.2 Å². The summed E-state index contributed by atoms with van der Waals surface area (Å²) >= 11 is 0.917. The number of carbonyl (C=O) groups is 1. The summed E-state index contributed by atoms with van der Waals surface area (Å²) in [6.07, 6.45) is -3.81. The number of hydrogen-bond acceptors (Lipinski definition) is 3. The summed E-state index contributed by atoms with van der Waals surface area (Å²) in [5, 5.41) is 8.76. The third-order valence-corrected chi connectivity index (χ3v) is 3.57. The molecule has 106 valence electrons. The molecule has 0 aliphatic rings. The SMILES string of the molecule is O=C(O)c1ccc(Cn2cc(C(F)(F)F)ccc2=O)s1. The second-order valence-electron chi connectivity index (χ2n) is 3.95. The molecule has 0 unspecified atom stereocenters. The van der Waals surface area contributed by atoms with Gasteiger partial charge in [-0.3, -0.25) is 4.79 Å². The average molecular weight is 303 g/mol. The molecule has 2 aromatic heterocycles. The van der Waals surface area contributed by atoms with Crippen LogP contribution < -0.4 is 5.56 Å². The van der Waals surface area contributed by atoms with E-state index in [1.807, 2.05) is 0 Å². The van der Waals surface area contributed by atoms with Crippen LogP contribution in [0.2, 0.25) is 0 Å². The van der Waals surface area contributed by atoms with Gasteiger partial charge in [-0.25, -0.2) is 4.79 Å². The molecular formula is C12H8F3NO3S. The molecule has 0 bridgehead atoms. The van der Waals surface area contributed by atoms with E-state index in [-0.39, 0.29) is 11.4 Å². The van der Waals surface area contributed by atoms with Gasteiger partial charge in [0.2, 0.25) is 0 Å². The van der Waals surface area contributed by atoms with Crippen LogP contribution in [0, 0.1) is 0 Å². The Balaban J connectivity index is 2.32. The summed E-state index contributed by atoms with van der Waals surface area (Å²) in [4.78, 5) is 22.8. The first-order chi connectivity index (χ1) is 9.27. The molecule has 0 saturated heterocycles. The standard InChI is InChI=1S/C12H8F3NO3S/c13-12(14,15)7-1-4-10(17)16(5-7)6-8-2-3-9(20-8)11(18)19/h1-5H,6H2,(H,18,19). The van der Waals surface area contributed by atoms with Crippen molar-refractivity contribution in [1.29, 1.82) is 0 Å². The van der Waals surface area contributed by atoms with E-state index in [0.29, 0.717) is 4.88 Å². The molecule has 4 nitrogen and oxygen atoms in total. The van der Waals surface area contributed by atoms with Crippen LogP contribution in [0.15, 0.2) is 35.3 Å². The number of thiophene rings is 1. The maximum atomic E-state index is 12.6. The van der Waals surface area contributed by atoms with Gasteiger partial charge in [-0.1, -0.05) is 0 Å². The minimum Gasteiger partial charge on any atom is -0.477 e. The Labute approximate surface area is 114 Å². The van der Waals surface area contributed by atoms with Crippen LogP contribution in [0.1, 0.15) is 20.1 Å². The van der Waals surface area contributed by atoms with Crippen molar-refractivity contribution >= 4 is 17.3 Å². The van der Waals surface area contributed by atoms with E-state index >= 15 is 0 Å². The Bertz CT molecular complexity index is 702. The smallest absolute Gasteiger partial charge is 0.417 e. The lowest BCUT2D eigenvalue weighted by Gasteiger charge is -2.09. The van der Waals surface area contributed by atoms with Crippen molar-refractivity contribution in [3.8, 4) is 0 Å². The van der Waals surface area contributed by atoms with Gasteiger partial charge in [0, 0.05) is 17.1 Å². The molecule has 1 N–H and O–H groups in total. The van der Waals surface area contributed by atoms with Gasteiger partial charge in [-0.15, -0.1) is 11.3 Å². The molecule has 2 aromatic rings. The van der Waals surface area contributed by atoms with Crippen LogP contribution in [-0.4, -0.2) is 15.6 Å². The molecule has 0 amide bonds. The number of aromatic nitrogens is 1. The zero-order valence-corrected chi connectivity index (χ0v) is 10.7. The van der Waals surface area contributed by atoms with Gasteiger partial charge >= 0.3 is 12.1 Å². The van der Waals surface area contributed by atoms with Gasteiger partial charge in [0.25, 0.3) is 5.56 Å². The lowest BCUT2D eigenvalue weighted by Crippen LogP contribution is -2.21. The van der Waals surface area contributed by atoms with E-state index in [9.17, 15) is 22.8 Å². The molecule has 0 saturated carbocycles. The van der Waals surface area contributed by atoms with Crippen molar-refractivity contribution < 1.29 is 23.1 Å². The number of rotatable bonds is 3. The van der Waals surface area contributed by atoms with Crippen LogP contribution in [0.5, 0.6) is 0 Å². The predicted octanol–water partition coefficient (Wildman–Crippen LogP) is 2.68. The largest absolute Gasteiger partial charge is 0.477 e. The summed E-state index contributed by atoms with van der Waals surface area (Å²) in [5.41, 5.74) is -1.50. The third kappa shape index (κ3) is 3.08. The summed E-state index contributed by atoms with van der Waals surface area (Å²) in [6.45, 7) is -0.0965. The molecule has 2 rings (SSSR count). The first-order valence-electron chi connectivity index (χ1n) is 5.37. The summed E-state index contributed by atoms with van der Waals surface area (Å²) < 4.78 is 38.6. The average Bonchev–Trinajstić information content (AvgIpc) is 2.79. The Hall–Kier alpha value is -2.09. The highest BCUT2D eigenvalue weighted by Crippen LogP contribution is 2.28. The van der Waals surface area contributed by atoms with Crippen molar-refractivity contribution in [2.24, 2.45) is 0 Å². The number of pyridine rings is 1. The number of aromatic carboxylic acids is 1. The molecule has 0 fully saturated rings. The van der Waals surface area contributed by atoms with Crippen molar-refractivity contribution in [3.05, 3.63) is 56.1 Å². The van der Waals surface area contributed by atoms with Crippen LogP contribution in [0.4, 0.5) is 13.2 Å². The zero-order valence-electron chi connectivity index (χ0n) is 9.85. The quantitative estimate of drug-likeness (QED) is 0.948. The number of carboxylic acids is 1. The first-order valence-corrected chi connectivity index (χ1v) is 6.19. The van der Waals surface area contributed by atoms with Crippen molar-refractivity contribution in [3.63, 3.8) is 0 Å². The molecule has 2 heterocycles. The van der Waals surface area contributed by atoms with Gasteiger partial charge in [0.05, 0.1) is 12.1 Å². The minimum absolute atomic E-state index is 0.0695. The molecule has 0 aromatic carbocycles. The molecule has 8 heteroatoms. The molecule has 0 aliphatic carbocycles. The number of halogens is 3. The van der Waals surface area contributed by atoms with E-state index in [1.54, 1.807) is 0 Å². The summed E-state index contributed by atoms with van der Waals surface area (Å²) in [7, 11) is 0. The fourth-order valence-electron chi connectivity index (χ4n) is 1.57. The second kappa shape index (κ2) is 5.12. The fourth-order valence-corrected chi connectivity index (χ4v) is 2.41. The van der Waals surface area contributed by atoms with E-state index < -0.39 is 23.3 Å². The predicted molar refractivity (Wildman–Crippen MR) is 66.1 cm³/mol. The van der Waals surface area contributed by atoms with Gasteiger partial charge in [0.15, 0.2) is 0 Å². The normalized spacial score (nSPS) is 11.6. The Kier molecular flexibility index (Phi) is 3.67. The zero-order chi connectivity index (χ0) is 14.9. The number of carboxylic acid groups (broad SMARTS) is 1. The highest BCUT2D eigenvalue weighted by Gasteiger charge is 2.31. The van der Waals surface area contributed by atoms with E-state index in [0.717, 1.165) is 34.2 Å². The lowest BCUT2D eigenvalue weighted by molar-refractivity contribution is -0.138. The molecule has 0 atom stereocenters. The summed E-state index contributed by atoms with van der Waals surface area (Å²) in [5.74, 6) is -1.11. The van der Waals surface area contributed by atoms with Crippen LogP contribution in [0.25, 0.3) is 0 Å². The maximum Gasteiger partial charge on any atom is 0.417 e. The van der Waals surface area contributed by atoms with E-state index in [1.165, 1.54) is 12.1 Å². The molecule has 20 heavy (non-hydrogen) atoms. The third-order valence-electron chi connectivity index (χ3n) is 2.51. The van der Waals surface area contributed by atoms with Crippen molar-refractivity contribution in [1.82, 2.24) is 4.57 Å². The maximum absolute atomic E-state index is 12.6. The molecular weight excluding hydrogens is 295 g/mol. The van der Waals surface area contributed by atoms with E-state index in [4.69, 9.17) is 5.11 Å². The molecule has 0 aliphatic heterocycles. The highest BCUT2D eigenvalue weighted by molar-refractivity contribution is 7.13. The van der Waals surface area contributed by atoms with Crippen molar-refractivity contribution in [2.45, 2.75) is 12.7 Å². The Morgan fingerprint density at radius 2 is 1.95 bits per heavy atom. The van der Waals surface area contributed by atoms with Gasteiger partial charge in [-0.2, -0.15) is 13.2 Å². The summed E-state index contributed by atoms with van der Waals surface area (Å²) in [6, 6.07) is 4.38. The van der Waals surface area contributed by atoms with Gasteiger partial charge < -0.3 is 9.67 Å². The Morgan fingerprint density at radius 3 is 2.50 bits per heavy atom. The minimum atomic E-state index is -4.53. The first kappa shape index (κ1) is 14.3. The number of nitrogens with zero attached hydrogens (tertiary/aromatic N) is 1. The molecule has 0 spiro atoms. The number of hydrogen-bond donors (Lipinski definition) is 1.